The Morgan fingerprint density at radius 2 is 1.64 bits per heavy atom. The molecule has 1 atom stereocenters. The lowest BCUT2D eigenvalue weighted by Crippen LogP contribution is -2.24. The predicted molar refractivity (Wildman–Crippen MR) is 81.9 cm³/mol. The largest absolute Gasteiger partial charge is 0.450 e. The number of benzene rings is 2. The summed E-state index contributed by atoms with van der Waals surface area (Å²) in [5.74, 6) is -1.69. The van der Waals surface area contributed by atoms with Crippen LogP contribution in [-0.4, -0.2) is 12.0 Å². The van der Waals surface area contributed by atoms with Crippen molar-refractivity contribution in [2.45, 2.75) is 29.7 Å². The van der Waals surface area contributed by atoms with Crippen molar-refractivity contribution in [3.8, 4) is 0 Å². The van der Waals surface area contributed by atoms with Gasteiger partial charge in [0.1, 0.15) is 0 Å². The molecule has 0 spiro atoms. The van der Waals surface area contributed by atoms with Gasteiger partial charge >= 0.3 is 6.18 Å². The van der Waals surface area contributed by atoms with Gasteiger partial charge in [-0.25, -0.2) is 0 Å². The molecule has 0 saturated carbocycles. The number of halogens is 3. The zero-order chi connectivity index (χ0) is 16.2. The minimum atomic E-state index is -4.79. The van der Waals surface area contributed by atoms with Crippen molar-refractivity contribution in [1.82, 2.24) is 0 Å². The molecule has 0 fully saturated rings. The van der Waals surface area contributed by atoms with Gasteiger partial charge in [0, 0.05) is 16.6 Å². The van der Waals surface area contributed by atoms with Crippen LogP contribution < -0.4 is 0 Å². The van der Waals surface area contributed by atoms with Gasteiger partial charge in [-0.3, -0.25) is 4.79 Å². The Balaban J connectivity index is 2.22. The fourth-order valence-electron chi connectivity index (χ4n) is 1.96. The van der Waals surface area contributed by atoms with Gasteiger partial charge in [-0.1, -0.05) is 48.0 Å². The number of aryl methyl sites for hydroxylation is 1. The van der Waals surface area contributed by atoms with Crippen LogP contribution in [0.4, 0.5) is 13.2 Å². The van der Waals surface area contributed by atoms with E-state index in [1.54, 1.807) is 30.3 Å². The minimum Gasteiger partial charge on any atom is -0.290 e. The van der Waals surface area contributed by atoms with E-state index in [9.17, 15) is 18.0 Å². The molecule has 0 aliphatic rings. The van der Waals surface area contributed by atoms with Crippen LogP contribution in [0.3, 0.4) is 0 Å². The summed E-state index contributed by atoms with van der Waals surface area (Å²) in [6.07, 6.45) is -5.35. The number of Topliss-reactive ketones (excluding diaryl/α,β-unsaturated/α-hetero) is 1. The molecule has 0 aliphatic heterocycles. The van der Waals surface area contributed by atoms with Crippen LogP contribution in [-0.2, 0) is 4.79 Å². The molecule has 0 aromatic heterocycles. The molecule has 0 radical (unpaired) electrons. The maximum Gasteiger partial charge on any atom is 0.450 e. The third-order valence-electron chi connectivity index (χ3n) is 3.16. The number of rotatable bonds is 5. The van der Waals surface area contributed by atoms with Crippen LogP contribution in [0.25, 0.3) is 0 Å². The first-order valence-electron chi connectivity index (χ1n) is 6.74. The number of hydrogen-bond acceptors (Lipinski definition) is 2. The zero-order valence-corrected chi connectivity index (χ0v) is 12.7. The molecule has 0 bridgehead atoms. The third-order valence-corrected chi connectivity index (χ3v) is 4.43. The van der Waals surface area contributed by atoms with E-state index < -0.39 is 23.6 Å². The van der Waals surface area contributed by atoms with E-state index >= 15 is 0 Å². The Labute approximate surface area is 131 Å². The normalized spacial score (nSPS) is 12.9. The summed E-state index contributed by atoms with van der Waals surface area (Å²) < 4.78 is 37.7. The Hall–Kier alpha value is -1.75. The molecule has 1 unspecified atom stereocenters. The molecule has 0 heterocycles. The first kappa shape index (κ1) is 16.6. The Morgan fingerprint density at radius 3 is 2.18 bits per heavy atom. The van der Waals surface area contributed by atoms with Gasteiger partial charge < -0.3 is 0 Å². The smallest absolute Gasteiger partial charge is 0.290 e. The number of alkyl halides is 3. The average Bonchev–Trinajstić information content (AvgIpc) is 2.48. The van der Waals surface area contributed by atoms with Crippen molar-refractivity contribution in [3.63, 3.8) is 0 Å². The highest BCUT2D eigenvalue weighted by Crippen LogP contribution is 2.39. The highest BCUT2D eigenvalue weighted by Gasteiger charge is 2.39. The van der Waals surface area contributed by atoms with E-state index in [2.05, 4.69) is 0 Å². The Morgan fingerprint density at radius 1 is 1.05 bits per heavy atom. The van der Waals surface area contributed by atoms with E-state index in [0.29, 0.717) is 5.56 Å². The first-order chi connectivity index (χ1) is 10.4. The molecule has 0 amide bonds. The monoisotopic (exact) mass is 324 g/mol. The highest BCUT2D eigenvalue weighted by molar-refractivity contribution is 7.99. The lowest BCUT2D eigenvalue weighted by molar-refractivity contribution is -0.171. The summed E-state index contributed by atoms with van der Waals surface area (Å²) in [6, 6.07) is 16.3. The maximum atomic E-state index is 12.6. The highest BCUT2D eigenvalue weighted by atomic mass is 32.2. The molecule has 0 aliphatic carbocycles. The summed E-state index contributed by atoms with van der Waals surface area (Å²) in [4.78, 5) is 12.2. The predicted octanol–water partition coefficient (Wildman–Crippen LogP) is 5.35. The van der Waals surface area contributed by atoms with Crippen LogP contribution in [0, 0.1) is 6.92 Å². The van der Waals surface area contributed by atoms with Crippen molar-refractivity contribution in [3.05, 3.63) is 65.7 Å². The molecular weight excluding hydrogens is 309 g/mol. The SMILES string of the molecule is Cc1ccc(SC(CC(=O)C(F)(F)F)c2ccccc2)cc1. The third kappa shape index (κ3) is 4.63. The van der Waals surface area contributed by atoms with Crippen LogP contribution >= 0.6 is 11.8 Å². The van der Waals surface area contributed by atoms with Crippen LogP contribution in [0.1, 0.15) is 22.8 Å². The fourth-order valence-corrected chi connectivity index (χ4v) is 3.11. The molecule has 5 heteroatoms. The van der Waals surface area contributed by atoms with E-state index in [1.807, 2.05) is 31.2 Å². The molecule has 0 N–H and O–H groups in total. The minimum absolute atomic E-state index is 0.557. The fraction of sp³-hybridized carbons (Fsp3) is 0.235. The van der Waals surface area contributed by atoms with Crippen molar-refractivity contribution >= 4 is 17.5 Å². The number of thioether (sulfide) groups is 1. The summed E-state index contributed by atoms with van der Waals surface area (Å²) in [6.45, 7) is 1.94. The number of carbonyl (C=O) groups excluding carboxylic acids is 1. The van der Waals surface area contributed by atoms with Gasteiger partial charge in [0.2, 0.25) is 5.78 Å². The Bertz CT molecular complexity index is 621. The lowest BCUT2D eigenvalue weighted by Gasteiger charge is -2.17. The zero-order valence-electron chi connectivity index (χ0n) is 11.9. The molecule has 1 nitrogen and oxygen atoms in total. The molecule has 2 aromatic rings. The van der Waals surface area contributed by atoms with Gasteiger partial charge in [0.05, 0.1) is 0 Å². The quantitative estimate of drug-likeness (QED) is 0.690. The second kappa shape index (κ2) is 7.01. The second-order valence-electron chi connectivity index (χ2n) is 4.96. The number of hydrogen-bond donors (Lipinski definition) is 0. The molecular formula is C17H15F3OS. The Kier molecular flexibility index (Phi) is 5.29. The lowest BCUT2D eigenvalue weighted by atomic mass is 10.1. The van der Waals surface area contributed by atoms with Crippen molar-refractivity contribution in [2.24, 2.45) is 0 Å². The van der Waals surface area contributed by atoms with Crippen molar-refractivity contribution in [2.75, 3.05) is 0 Å². The van der Waals surface area contributed by atoms with E-state index in [1.165, 1.54) is 11.8 Å². The van der Waals surface area contributed by atoms with E-state index in [-0.39, 0.29) is 0 Å². The number of ketones is 1. The standard InChI is InChI=1S/C17H15F3OS/c1-12-7-9-14(10-8-12)22-15(11-16(21)17(18,19)20)13-5-3-2-4-6-13/h2-10,15H,11H2,1H3. The molecule has 2 rings (SSSR count). The van der Waals surface area contributed by atoms with Gasteiger partial charge in [-0.15, -0.1) is 11.8 Å². The summed E-state index contributed by atoms with van der Waals surface area (Å²) in [5.41, 5.74) is 1.79. The van der Waals surface area contributed by atoms with Gasteiger partial charge in [0.25, 0.3) is 0 Å². The molecule has 0 saturated heterocycles. The topological polar surface area (TPSA) is 17.1 Å². The number of carbonyl (C=O) groups is 1. The van der Waals surface area contributed by atoms with Crippen molar-refractivity contribution < 1.29 is 18.0 Å². The maximum absolute atomic E-state index is 12.6. The summed E-state index contributed by atoms with van der Waals surface area (Å²) in [7, 11) is 0. The van der Waals surface area contributed by atoms with Gasteiger partial charge in [-0.2, -0.15) is 13.2 Å². The van der Waals surface area contributed by atoms with Crippen LogP contribution in [0.2, 0.25) is 0 Å². The van der Waals surface area contributed by atoms with Gasteiger partial charge in [0.15, 0.2) is 0 Å². The molecule has 2 aromatic carbocycles. The van der Waals surface area contributed by atoms with Crippen molar-refractivity contribution in [1.29, 1.82) is 0 Å². The molecule has 116 valence electrons. The molecule has 22 heavy (non-hydrogen) atoms. The van der Waals surface area contributed by atoms with E-state index in [4.69, 9.17) is 0 Å². The van der Waals surface area contributed by atoms with Crippen LogP contribution in [0.15, 0.2) is 59.5 Å². The summed E-state index contributed by atoms with van der Waals surface area (Å²) in [5, 5.41) is -0.557. The first-order valence-corrected chi connectivity index (χ1v) is 7.62. The average molecular weight is 324 g/mol. The summed E-state index contributed by atoms with van der Waals surface area (Å²) >= 11 is 1.27. The van der Waals surface area contributed by atoms with Gasteiger partial charge in [-0.05, 0) is 24.6 Å². The second-order valence-corrected chi connectivity index (χ2v) is 6.23. The van der Waals surface area contributed by atoms with E-state index in [0.717, 1.165) is 10.5 Å². The van der Waals surface area contributed by atoms with Crippen LogP contribution in [0.5, 0.6) is 0 Å².